The zero-order valence-electron chi connectivity index (χ0n) is 15.6. The number of carboxylic acids is 1. The van der Waals surface area contributed by atoms with Crippen molar-refractivity contribution < 1.29 is 19.4 Å². The third kappa shape index (κ3) is 4.30. The summed E-state index contributed by atoms with van der Waals surface area (Å²) in [5.41, 5.74) is 4.56. The molecule has 0 aliphatic heterocycles. The van der Waals surface area contributed by atoms with Crippen LogP contribution in [0.5, 0.6) is 0 Å². The lowest BCUT2D eigenvalue weighted by molar-refractivity contribution is -0.139. The van der Waals surface area contributed by atoms with Crippen molar-refractivity contribution in [2.24, 2.45) is 5.92 Å². The van der Waals surface area contributed by atoms with Gasteiger partial charge in [0.25, 0.3) is 0 Å². The van der Waals surface area contributed by atoms with Gasteiger partial charge in [0.2, 0.25) is 0 Å². The van der Waals surface area contributed by atoms with Crippen LogP contribution in [0.2, 0.25) is 0 Å². The first kappa shape index (κ1) is 19.0. The largest absolute Gasteiger partial charge is 0.480 e. The topological polar surface area (TPSA) is 75.6 Å². The second-order valence-corrected chi connectivity index (χ2v) is 7.33. The predicted octanol–water partition coefficient (Wildman–Crippen LogP) is 4.41. The van der Waals surface area contributed by atoms with Crippen LogP contribution in [-0.4, -0.2) is 29.8 Å². The van der Waals surface area contributed by atoms with Gasteiger partial charge >= 0.3 is 12.1 Å². The average molecular weight is 367 g/mol. The summed E-state index contributed by atoms with van der Waals surface area (Å²) in [7, 11) is 0. The molecule has 0 spiro atoms. The molecule has 3 rings (SSSR count). The van der Waals surface area contributed by atoms with E-state index in [1.807, 2.05) is 50.2 Å². The lowest BCUT2D eigenvalue weighted by Crippen LogP contribution is -2.41. The maximum absolute atomic E-state index is 12.2. The number of nitrogens with one attached hydrogen (secondary N) is 1. The molecule has 2 aromatic carbocycles. The van der Waals surface area contributed by atoms with Gasteiger partial charge in [-0.1, -0.05) is 62.4 Å². The summed E-state index contributed by atoms with van der Waals surface area (Å²) in [6.45, 7) is 4.22. The number of carbonyl (C=O) groups excluding carboxylic acids is 1. The summed E-state index contributed by atoms with van der Waals surface area (Å²) in [5.74, 6) is -0.706. The molecule has 2 N–H and O–H groups in total. The number of carboxylic acid groups (broad SMARTS) is 1. The van der Waals surface area contributed by atoms with Gasteiger partial charge in [-0.05, 0) is 41.0 Å². The highest BCUT2D eigenvalue weighted by Gasteiger charge is 2.29. The minimum absolute atomic E-state index is 0.0397. The molecule has 0 heterocycles. The molecule has 0 fully saturated rings. The normalized spacial score (nSPS) is 13.7. The number of amides is 1. The number of alkyl carbamates (subject to hydrolysis) is 1. The second-order valence-electron chi connectivity index (χ2n) is 7.33. The van der Waals surface area contributed by atoms with Crippen molar-refractivity contribution in [2.75, 3.05) is 6.61 Å². The summed E-state index contributed by atoms with van der Waals surface area (Å²) < 4.78 is 5.41. The number of hydrogen-bond donors (Lipinski definition) is 2. The fraction of sp³-hybridized carbons (Fsp3) is 0.364. The van der Waals surface area contributed by atoms with Crippen LogP contribution in [0.4, 0.5) is 4.79 Å². The number of carbonyl (C=O) groups is 2. The molecule has 1 aliphatic carbocycles. The third-order valence-electron chi connectivity index (χ3n) is 4.97. The molecule has 1 amide bonds. The van der Waals surface area contributed by atoms with Crippen LogP contribution in [0.15, 0.2) is 48.5 Å². The van der Waals surface area contributed by atoms with Crippen LogP contribution in [-0.2, 0) is 9.53 Å². The lowest BCUT2D eigenvalue weighted by atomic mass is 9.98. The highest BCUT2D eigenvalue weighted by atomic mass is 16.5. The van der Waals surface area contributed by atoms with E-state index in [9.17, 15) is 14.7 Å². The minimum Gasteiger partial charge on any atom is -0.480 e. The van der Waals surface area contributed by atoms with Gasteiger partial charge in [-0.15, -0.1) is 0 Å². The Balaban J connectivity index is 1.66. The zero-order chi connectivity index (χ0) is 19.4. The number of benzene rings is 2. The van der Waals surface area contributed by atoms with Gasteiger partial charge in [-0.3, -0.25) is 0 Å². The van der Waals surface area contributed by atoms with E-state index in [0.717, 1.165) is 28.7 Å². The number of rotatable bonds is 7. The van der Waals surface area contributed by atoms with E-state index in [1.165, 1.54) is 0 Å². The summed E-state index contributed by atoms with van der Waals surface area (Å²) in [5, 5.41) is 11.8. The number of aliphatic carboxylic acids is 1. The van der Waals surface area contributed by atoms with Crippen molar-refractivity contribution in [3.05, 3.63) is 59.7 Å². The molecular weight excluding hydrogens is 342 g/mol. The van der Waals surface area contributed by atoms with E-state index in [-0.39, 0.29) is 12.5 Å². The fourth-order valence-electron chi connectivity index (χ4n) is 3.54. The van der Waals surface area contributed by atoms with Crippen molar-refractivity contribution in [1.29, 1.82) is 0 Å². The van der Waals surface area contributed by atoms with Crippen LogP contribution in [0.25, 0.3) is 11.1 Å². The molecule has 0 bridgehead atoms. The minimum atomic E-state index is -1.04. The number of fused-ring (bicyclic) bond motifs is 3. The molecular formula is C22H25NO4. The lowest BCUT2D eigenvalue weighted by Gasteiger charge is -2.18. The van der Waals surface area contributed by atoms with Gasteiger partial charge in [-0.2, -0.15) is 0 Å². The number of hydrogen-bond acceptors (Lipinski definition) is 3. The Morgan fingerprint density at radius 1 is 1.00 bits per heavy atom. The van der Waals surface area contributed by atoms with E-state index in [4.69, 9.17) is 4.74 Å². The van der Waals surface area contributed by atoms with E-state index in [0.29, 0.717) is 12.3 Å². The maximum Gasteiger partial charge on any atom is 0.407 e. The highest BCUT2D eigenvalue weighted by molar-refractivity contribution is 5.81. The maximum atomic E-state index is 12.2. The van der Waals surface area contributed by atoms with Crippen molar-refractivity contribution in [3.8, 4) is 11.1 Å². The van der Waals surface area contributed by atoms with Crippen molar-refractivity contribution in [2.45, 2.75) is 38.6 Å². The van der Waals surface area contributed by atoms with Crippen LogP contribution in [0, 0.1) is 5.92 Å². The Hall–Kier alpha value is -2.82. The Morgan fingerprint density at radius 3 is 2.07 bits per heavy atom. The molecule has 2 aromatic rings. The van der Waals surface area contributed by atoms with Crippen molar-refractivity contribution in [3.63, 3.8) is 0 Å². The molecule has 0 saturated carbocycles. The molecule has 1 atom stereocenters. The average Bonchev–Trinajstić information content (AvgIpc) is 2.97. The van der Waals surface area contributed by atoms with Crippen LogP contribution < -0.4 is 5.32 Å². The summed E-state index contributed by atoms with van der Waals surface area (Å²) >= 11 is 0. The van der Waals surface area contributed by atoms with Crippen molar-refractivity contribution >= 4 is 12.1 Å². The molecule has 1 aliphatic rings. The first-order valence-corrected chi connectivity index (χ1v) is 9.31. The molecule has 142 valence electrons. The molecule has 0 aromatic heterocycles. The predicted molar refractivity (Wildman–Crippen MR) is 104 cm³/mol. The van der Waals surface area contributed by atoms with Gasteiger partial charge in [0, 0.05) is 5.92 Å². The second kappa shape index (κ2) is 8.25. The Bertz CT molecular complexity index is 785. The fourth-order valence-corrected chi connectivity index (χ4v) is 3.54. The summed E-state index contributed by atoms with van der Waals surface area (Å²) in [6, 6.07) is 15.3. The van der Waals surface area contributed by atoms with Gasteiger partial charge in [0.1, 0.15) is 12.6 Å². The molecule has 27 heavy (non-hydrogen) atoms. The van der Waals surface area contributed by atoms with Gasteiger partial charge in [-0.25, -0.2) is 9.59 Å². The Labute approximate surface area is 159 Å². The Kier molecular flexibility index (Phi) is 5.79. The van der Waals surface area contributed by atoms with Crippen LogP contribution >= 0.6 is 0 Å². The van der Waals surface area contributed by atoms with Crippen LogP contribution in [0.3, 0.4) is 0 Å². The van der Waals surface area contributed by atoms with E-state index in [2.05, 4.69) is 17.4 Å². The standard InChI is InChI=1S/C22H25NO4/c1-14(2)11-12-20(21(24)25)23-22(26)27-13-19-17-9-5-3-7-15(17)16-8-4-6-10-18(16)19/h3-10,14,19-20H,11-13H2,1-2H3,(H,23,26)(H,24,25). The van der Waals surface area contributed by atoms with Gasteiger partial charge in [0.15, 0.2) is 0 Å². The first-order chi connectivity index (χ1) is 13.0. The summed E-state index contributed by atoms with van der Waals surface area (Å²) in [4.78, 5) is 23.6. The molecule has 1 unspecified atom stereocenters. The van der Waals surface area contributed by atoms with Crippen molar-refractivity contribution in [1.82, 2.24) is 5.32 Å². The smallest absolute Gasteiger partial charge is 0.407 e. The molecule has 0 saturated heterocycles. The van der Waals surface area contributed by atoms with E-state index >= 15 is 0 Å². The monoisotopic (exact) mass is 367 g/mol. The highest BCUT2D eigenvalue weighted by Crippen LogP contribution is 2.44. The third-order valence-corrected chi connectivity index (χ3v) is 4.97. The zero-order valence-corrected chi connectivity index (χ0v) is 15.6. The summed E-state index contributed by atoms with van der Waals surface area (Å²) in [6.07, 6.45) is 0.422. The molecule has 5 heteroatoms. The van der Waals surface area contributed by atoms with Gasteiger partial charge in [0.05, 0.1) is 0 Å². The SMILES string of the molecule is CC(C)CCC(NC(=O)OCC1c2ccccc2-c2ccccc21)C(=O)O. The quantitative estimate of drug-likeness (QED) is 0.760. The van der Waals surface area contributed by atoms with E-state index in [1.54, 1.807) is 0 Å². The van der Waals surface area contributed by atoms with Crippen LogP contribution in [0.1, 0.15) is 43.7 Å². The number of ether oxygens (including phenoxy) is 1. The Morgan fingerprint density at radius 2 is 1.56 bits per heavy atom. The van der Waals surface area contributed by atoms with E-state index < -0.39 is 18.1 Å². The molecule has 0 radical (unpaired) electrons. The molecule has 5 nitrogen and oxygen atoms in total. The van der Waals surface area contributed by atoms with Gasteiger partial charge < -0.3 is 15.2 Å². The first-order valence-electron chi connectivity index (χ1n) is 9.31.